The van der Waals surface area contributed by atoms with Crippen LogP contribution in [0.15, 0.2) is 41.8 Å². The van der Waals surface area contributed by atoms with Crippen LogP contribution in [0, 0.1) is 6.92 Å². The smallest absolute Gasteiger partial charge is 0.335 e. The SMILES string of the molecule is COC(c1ccc(CNC(=O)c2nc(-c3cccs3)sc2C)cc1)C(OC(C)C)C(=O)O. The third kappa shape index (κ3) is 5.80. The fourth-order valence-corrected chi connectivity index (χ4v) is 4.90. The number of amides is 1. The summed E-state index contributed by atoms with van der Waals surface area (Å²) in [7, 11) is 1.46. The summed E-state index contributed by atoms with van der Waals surface area (Å²) in [6.07, 6.45) is -2.11. The predicted octanol–water partition coefficient (Wildman–Crippen LogP) is 4.68. The second kappa shape index (κ2) is 10.8. The molecule has 1 aromatic carbocycles. The van der Waals surface area contributed by atoms with Crippen molar-refractivity contribution in [3.63, 3.8) is 0 Å². The summed E-state index contributed by atoms with van der Waals surface area (Å²) in [6.45, 7) is 5.78. The highest BCUT2D eigenvalue weighted by Crippen LogP contribution is 2.31. The number of ether oxygens (including phenoxy) is 2. The van der Waals surface area contributed by atoms with Crippen LogP contribution in [0.2, 0.25) is 0 Å². The van der Waals surface area contributed by atoms with Crippen LogP contribution in [0.3, 0.4) is 0 Å². The Labute approximate surface area is 195 Å². The van der Waals surface area contributed by atoms with E-state index in [4.69, 9.17) is 9.47 Å². The van der Waals surface area contributed by atoms with Gasteiger partial charge in [0.05, 0.1) is 11.0 Å². The first-order chi connectivity index (χ1) is 15.3. The number of thiazole rings is 1. The first-order valence-corrected chi connectivity index (χ1v) is 11.8. The molecule has 9 heteroatoms. The molecule has 2 aromatic heterocycles. The molecule has 2 N–H and O–H groups in total. The molecule has 0 fully saturated rings. The van der Waals surface area contributed by atoms with E-state index in [0.717, 1.165) is 20.3 Å². The summed E-state index contributed by atoms with van der Waals surface area (Å²) < 4.78 is 11.0. The van der Waals surface area contributed by atoms with Gasteiger partial charge in [-0.05, 0) is 43.3 Å². The Morgan fingerprint density at radius 2 is 1.91 bits per heavy atom. The average Bonchev–Trinajstić information content (AvgIpc) is 3.42. The zero-order valence-electron chi connectivity index (χ0n) is 18.3. The lowest BCUT2D eigenvalue weighted by molar-refractivity contribution is -0.165. The molecule has 0 aliphatic carbocycles. The van der Waals surface area contributed by atoms with Crippen molar-refractivity contribution in [2.24, 2.45) is 0 Å². The molecule has 2 unspecified atom stereocenters. The number of carbonyl (C=O) groups is 2. The van der Waals surface area contributed by atoms with Crippen LogP contribution in [0.1, 0.15) is 46.4 Å². The molecule has 2 atom stereocenters. The van der Waals surface area contributed by atoms with Crippen molar-refractivity contribution in [1.29, 1.82) is 0 Å². The molecular formula is C23H26N2O5S2. The Bertz CT molecular complexity index is 1050. The highest BCUT2D eigenvalue weighted by molar-refractivity contribution is 7.21. The summed E-state index contributed by atoms with van der Waals surface area (Å²) in [6, 6.07) is 11.2. The van der Waals surface area contributed by atoms with Gasteiger partial charge in [0.15, 0.2) is 6.10 Å². The van der Waals surface area contributed by atoms with Gasteiger partial charge in [0.1, 0.15) is 16.8 Å². The van der Waals surface area contributed by atoms with Gasteiger partial charge in [-0.25, -0.2) is 9.78 Å². The van der Waals surface area contributed by atoms with Crippen LogP contribution in [-0.4, -0.2) is 41.3 Å². The second-order valence-corrected chi connectivity index (χ2v) is 9.58. The molecule has 32 heavy (non-hydrogen) atoms. The number of carboxylic acid groups (broad SMARTS) is 1. The minimum Gasteiger partial charge on any atom is -0.479 e. The monoisotopic (exact) mass is 474 g/mol. The van der Waals surface area contributed by atoms with Gasteiger partial charge in [0, 0.05) is 18.5 Å². The van der Waals surface area contributed by atoms with E-state index in [-0.39, 0.29) is 12.0 Å². The van der Waals surface area contributed by atoms with Gasteiger partial charge in [-0.2, -0.15) is 0 Å². The first-order valence-electron chi connectivity index (χ1n) is 10.1. The van der Waals surface area contributed by atoms with Crippen molar-refractivity contribution in [2.75, 3.05) is 7.11 Å². The van der Waals surface area contributed by atoms with Gasteiger partial charge < -0.3 is 19.9 Å². The highest BCUT2D eigenvalue weighted by atomic mass is 32.1. The quantitative estimate of drug-likeness (QED) is 0.443. The van der Waals surface area contributed by atoms with E-state index in [0.29, 0.717) is 17.8 Å². The lowest BCUT2D eigenvalue weighted by atomic mass is 10.0. The molecule has 0 saturated heterocycles. The van der Waals surface area contributed by atoms with Gasteiger partial charge in [0.25, 0.3) is 5.91 Å². The number of aryl methyl sites for hydroxylation is 1. The maximum atomic E-state index is 12.6. The van der Waals surface area contributed by atoms with E-state index in [9.17, 15) is 14.7 Å². The summed E-state index contributed by atoms with van der Waals surface area (Å²) in [5, 5.41) is 15.2. The van der Waals surface area contributed by atoms with E-state index in [1.54, 1.807) is 37.3 Å². The van der Waals surface area contributed by atoms with Crippen molar-refractivity contribution in [1.82, 2.24) is 10.3 Å². The molecule has 3 aromatic rings. The van der Waals surface area contributed by atoms with Gasteiger partial charge >= 0.3 is 5.97 Å². The number of hydrogen-bond donors (Lipinski definition) is 2. The number of hydrogen-bond acceptors (Lipinski definition) is 7. The molecule has 1 amide bonds. The van der Waals surface area contributed by atoms with Crippen molar-refractivity contribution in [3.8, 4) is 9.88 Å². The fourth-order valence-electron chi connectivity index (χ4n) is 3.19. The molecule has 0 aliphatic rings. The summed E-state index contributed by atoms with van der Waals surface area (Å²) in [5.41, 5.74) is 2.00. The number of thiophene rings is 1. The summed E-state index contributed by atoms with van der Waals surface area (Å²) in [5.74, 6) is -1.31. The molecule has 0 bridgehead atoms. The van der Waals surface area contributed by atoms with Crippen molar-refractivity contribution >= 4 is 34.6 Å². The zero-order valence-corrected chi connectivity index (χ0v) is 20.0. The second-order valence-electron chi connectivity index (χ2n) is 7.43. The molecule has 7 nitrogen and oxygen atoms in total. The lowest BCUT2D eigenvalue weighted by Gasteiger charge is -2.25. The van der Waals surface area contributed by atoms with E-state index < -0.39 is 18.2 Å². The van der Waals surface area contributed by atoms with Gasteiger partial charge in [-0.3, -0.25) is 4.79 Å². The molecule has 0 radical (unpaired) electrons. The molecule has 3 rings (SSSR count). The maximum Gasteiger partial charge on any atom is 0.335 e. The van der Waals surface area contributed by atoms with Crippen molar-refractivity contribution in [2.45, 2.75) is 45.6 Å². The number of aliphatic carboxylic acids is 1. The first kappa shape index (κ1) is 24.1. The summed E-state index contributed by atoms with van der Waals surface area (Å²) >= 11 is 3.10. The lowest BCUT2D eigenvalue weighted by Crippen LogP contribution is -2.34. The van der Waals surface area contributed by atoms with Crippen LogP contribution in [-0.2, 0) is 20.8 Å². The van der Waals surface area contributed by atoms with Gasteiger partial charge in [-0.15, -0.1) is 22.7 Å². The molecule has 2 heterocycles. The average molecular weight is 475 g/mol. The Hall–Kier alpha value is -2.59. The fraction of sp³-hybridized carbons (Fsp3) is 0.348. The molecule has 0 saturated carbocycles. The molecule has 0 spiro atoms. The maximum absolute atomic E-state index is 12.6. The van der Waals surface area contributed by atoms with Crippen LogP contribution in [0.4, 0.5) is 0 Å². The van der Waals surface area contributed by atoms with Crippen LogP contribution >= 0.6 is 22.7 Å². The van der Waals surface area contributed by atoms with E-state index in [1.165, 1.54) is 18.4 Å². The minimum atomic E-state index is -1.12. The van der Waals surface area contributed by atoms with Crippen molar-refractivity contribution < 1.29 is 24.2 Å². The number of carboxylic acids is 1. The third-order valence-electron chi connectivity index (χ3n) is 4.70. The molecule has 0 aliphatic heterocycles. The third-order valence-corrected chi connectivity index (χ3v) is 6.71. The predicted molar refractivity (Wildman–Crippen MR) is 125 cm³/mol. The zero-order chi connectivity index (χ0) is 23.3. The number of nitrogens with one attached hydrogen (secondary N) is 1. The minimum absolute atomic E-state index is 0.225. The number of aromatic nitrogens is 1. The summed E-state index contributed by atoms with van der Waals surface area (Å²) in [4.78, 5) is 30.7. The Morgan fingerprint density at radius 3 is 2.47 bits per heavy atom. The number of benzene rings is 1. The van der Waals surface area contributed by atoms with Crippen molar-refractivity contribution in [3.05, 3.63) is 63.5 Å². The van der Waals surface area contributed by atoms with E-state index >= 15 is 0 Å². The van der Waals surface area contributed by atoms with E-state index in [2.05, 4.69) is 10.3 Å². The van der Waals surface area contributed by atoms with Gasteiger partial charge in [-0.1, -0.05) is 30.3 Å². The Balaban J connectivity index is 1.65. The Morgan fingerprint density at radius 1 is 1.19 bits per heavy atom. The largest absolute Gasteiger partial charge is 0.479 e. The normalized spacial score (nSPS) is 13.2. The highest BCUT2D eigenvalue weighted by Gasteiger charge is 2.31. The standard InChI is InChI=1S/C23H26N2O5S2/c1-13(2)30-20(23(27)28)19(29-4)16-9-7-15(8-10-16)12-24-21(26)18-14(3)32-22(25-18)17-6-5-11-31-17/h5-11,13,19-20H,12H2,1-4H3,(H,24,26)(H,27,28). The number of methoxy groups -OCH3 is 1. The number of rotatable bonds is 10. The molecule has 170 valence electrons. The molecular weight excluding hydrogens is 448 g/mol. The topological polar surface area (TPSA) is 97.8 Å². The Kier molecular flexibility index (Phi) is 8.14. The van der Waals surface area contributed by atoms with Crippen LogP contribution < -0.4 is 5.32 Å². The number of nitrogens with zero attached hydrogens (tertiary/aromatic N) is 1. The number of carbonyl (C=O) groups excluding carboxylic acids is 1. The van der Waals surface area contributed by atoms with Crippen LogP contribution in [0.5, 0.6) is 0 Å². The van der Waals surface area contributed by atoms with E-state index in [1.807, 2.05) is 36.6 Å². The van der Waals surface area contributed by atoms with Gasteiger partial charge in [0.2, 0.25) is 0 Å². The van der Waals surface area contributed by atoms with Crippen LogP contribution in [0.25, 0.3) is 9.88 Å².